The predicted molar refractivity (Wildman–Crippen MR) is 63.2 cm³/mol. The van der Waals surface area contributed by atoms with E-state index in [2.05, 4.69) is 4.98 Å². The van der Waals surface area contributed by atoms with E-state index in [0.717, 1.165) is 12.3 Å². The molecule has 0 aliphatic carbocycles. The van der Waals surface area contributed by atoms with Gasteiger partial charge in [-0.15, -0.1) is 0 Å². The summed E-state index contributed by atoms with van der Waals surface area (Å²) in [6.07, 6.45) is 1.10. The first-order valence-electron chi connectivity index (χ1n) is 4.58. The third-order valence-electron chi connectivity index (χ3n) is 1.52. The van der Waals surface area contributed by atoms with Crippen LogP contribution in [0.15, 0.2) is 12.3 Å². The molecule has 1 rings (SSSR count). The lowest BCUT2D eigenvalue weighted by Crippen LogP contribution is -2.21. The highest BCUT2D eigenvalue weighted by atomic mass is 35.5. The molecule has 1 aromatic rings. The zero-order valence-electron chi connectivity index (χ0n) is 9.08. The number of alkyl halides is 2. The zero-order chi connectivity index (χ0) is 12.9. The van der Waals surface area contributed by atoms with Crippen LogP contribution >= 0.6 is 23.2 Å². The molecule has 0 amide bonds. The average Bonchev–Trinajstić information content (AvgIpc) is 2.67. The Balaban J connectivity index is 0.00000106. The number of halogens is 2. The quantitative estimate of drug-likeness (QED) is 0.395. The summed E-state index contributed by atoms with van der Waals surface area (Å²) in [6.45, 7) is 5.30. The van der Waals surface area contributed by atoms with Crippen molar-refractivity contribution in [2.75, 3.05) is 0 Å². The molecule has 1 aromatic heterocycles. The Morgan fingerprint density at radius 1 is 1.50 bits per heavy atom. The Kier molecular flexibility index (Phi) is 5.47. The minimum absolute atomic E-state index is 0.0178. The van der Waals surface area contributed by atoms with Crippen LogP contribution in [0.1, 0.15) is 31.3 Å². The molecule has 0 saturated carbocycles. The van der Waals surface area contributed by atoms with Gasteiger partial charge in [-0.3, -0.25) is 14.9 Å². The van der Waals surface area contributed by atoms with E-state index >= 15 is 0 Å². The molecule has 0 bridgehead atoms. The SMILES string of the molecule is CC.CC(Cl)(Cl)C(=O)c1cc([N+](=O)[O-])c[nH]1. The summed E-state index contributed by atoms with van der Waals surface area (Å²) in [6, 6.07) is 1.09. The molecule has 0 fully saturated rings. The first kappa shape index (κ1) is 14.9. The Hall–Kier alpha value is -1.07. The molecule has 0 atom stereocenters. The fraction of sp³-hybridized carbons (Fsp3) is 0.444. The van der Waals surface area contributed by atoms with Crippen molar-refractivity contribution in [3.05, 3.63) is 28.1 Å². The van der Waals surface area contributed by atoms with Gasteiger partial charge in [-0.1, -0.05) is 37.0 Å². The monoisotopic (exact) mass is 266 g/mol. The van der Waals surface area contributed by atoms with Gasteiger partial charge in [0.2, 0.25) is 5.78 Å². The minimum atomic E-state index is -1.58. The van der Waals surface area contributed by atoms with Crippen LogP contribution in [0, 0.1) is 10.1 Å². The molecule has 0 aromatic carbocycles. The maximum Gasteiger partial charge on any atom is 0.287 e. The van der Waals surface area contributed by atoms with E-state index in [9.17, 15) is 14.9 Å². The van der Waals surface area contributed by atoms with Gasteiger partial charge < -0.3 is 4.98 Å². The number of aromatic nitrogens is 1. The molecule has 0 unspecified atom stereocenters. The van der Waals surface area contributed by atoms with Crippen molar-refractivity contribution in [3.8, 4) is 0 Å². The van der Waals surface area contributed by atoms with Crippen LogP contribution in [-0.2, 0) is 0 Å². The lowest BCUT2D eigenvalue weighted by atomic mass is 10.2. The van der Waals surface area contributed by atoms with Crippen molar-refractivity contribution in [1.82, 2.24) is 4.98 Å². The summed E-state index contributed by atoms with van der Waals surface area (Å²) in [5.74, 6) is -0.603. The van der Waals surface area contributed by atoms with Crippen LogP contribution in [-0.4, -0.2) is 20.0 Å². The average molecular weight is 267 g/mol. The van der Waals surface area contributed by atoms with Gasteiger partial charge in [0.25, 0.3) is 5.69 Å². The number of ketones is 1. The van der Waals surface area contributed by atoms with Gasteiger partial charge in [0.05, 0.1) is 16.8 Å². The number of rotatable bonds is 3. The second-order valence-electron chi connectivity index (χ2n) is 2.75. The number of nitro groups is 1. The standard InChI is InChI=1S/C7H6Cl2N2O3.C2H6/c1-7(8,9)6(12)5-2-4(3-10-5)11(13)14;1-2/h2-3,10H,1H3;1-2H3. The van der Waals surface area contributed by atoms with Crippen molar-refractivity contribution >= 4 is 34.7 Å². The van der Waals surface area contributed by atoms with Gasteiger partial charge in [0, 0.05) is 6.07 Å². The Labute approximate surface area is 103 Å². The van der Waals surface area contributed by atoms with Crippen molar-refractivity contribution in [3.63, 3.8) is 0 Å². The second kappa shape index (κ2) is 5.86. The zero-order valence-corrected chi connectivity index (χ0v) is 10.6. The molecule has 1 N–H and O–H groups in total. The maximum atomic E-state index is 11.4. The topological polar surface area (TPSA) is 76.0 Å². The molecule has 0 aliphatic heterocycles. The summed E-state index contributed by atoms with van der Waals surface area (Å²) >= 11 is 11.1. The van der Waals surface area contributed by atoms with Gasteiger partial charge in [-0.05, 0) is 6.92 Å². The number of Topliss-reactive ketones (excluding diaryl/α,β-unsaturated/α-hetero) is 1. The van der Waals surface area contributed by atoms with E-state index in [4.69, 9.17) is 23.2 Å². The molecule has 1 heterocycles. The Bertz CT molecular complexity index is 382. The largest absolute Gasteiger partial charge is 0.353 e. The highest BCUT2D eigenvalue weighted by molar-refractivity contribution is 6.59. The van der Waals surface area contributed by atoms with Crippen LogP contribution in [0.5, 0.6) is 0 Å². The Morgan fingerprint density at radius 2 is 2.00 bits per heavy atom. The first-order valence-corrected chi connectivity index (χ1v) is 5.33. The molecule has 0 spiro atoms. The second-order valence-corrected chi connectivity index (χ2v) is 4.45. The normalized spacial score (nSPS) is 10.3. The van der Waals surface area contributed by atoms with E-state index in [1.807, 2.05) is 13.8 Å². The van der Waals surface area contributed by atoms with Crippen LogP contribution in [0.25, 0.3) is 0 Å². The smallest absolute Gasteiger partial charge is 0.287 e. The number of carbonyl (C=O) groups excluding carboxylic acids is 1. The number of aromatic amines is 1. The fourth-order valence-corrected chi connectivity index (χ4v) is 1.06. The molecule has 0 saturated heterocycles. The van der Waals surface area contributed by atoms with E-state index in [1.54, 1.807) is 0 Å². The lowest BCUT2D eigenvalue weighted by molar-refractivity contribution is -0.384. The highest BCUT2D eigenvalue weighted by Crippen LogP contribution is 2.26. The van der Waals surface area contributed by atoms with Gasteiger partial charge in [0.1, 0.15) is 0 Å². The molecular weight excluding hydrogens is 255 g/mol. The molecule has 16 heavy (non-hydrogen) atoms. The fourth-order valence-electron chi connectivity index (χ4n) is 0.856. The van der Waals surface area contributed by atoms with Crippen molar-refractivity contribution in [1.29, 1.82) is 0 Å². The number of hydrogen-bond acceptors (Lipinski definition) is 3. The van der Waals surface area contributed by atoms with E-state index in [0.29, 0.717) is 0 Å². The molecular formula is C9H12Cl2N2O3. The van der Waals surface area contributed by atoms with E-state index in [-0.39, 0.29) is 11.4 Å². The van der Waals surface area contributed by atoms with Gasteiger partial charge in [-0.2, -0.15) is 0 Å². The Morgan fingerprint density at radius 3 is 2.31 bits per heavy atom. The predicted octanol–water partition coefficient (Wildman–Crippen LogP) is 3.33. The van der Waals surface area contributed by atoms with Crippen LogP contribution in [0.2, 0.25) is 0 Å². The summed E-state index contributed by atoms with van der Waals surface area (Å²) in [5.41, 5.74) is -0.185. The number of carbonyl (C=O) groups is 1. The van der Waals surface area contributed by atoms with Crippen LogP contribution in [0.4, 0.5) is 5.69 Å². The molecule has 0 radical (unpaired) electrons. The van der Waals surface area contributed by atoms with Crippen molar-refractivity contribution in [2.24, 2.45) is 0 Å². The third kappa shape index (κ3) is 3.83. The number of nitrogens with one attached hydrogen (secondary N) is 1. The summed E-state index contributed by atoms with van der Waals surface area (Å²) < 4.78 is -1.58. The number of nitrogens with zero attached hydrogens (tertiary/aromatic N) is 1. The maximum absolute atomic E-state index is 11.4. The van der Waals surface area contributed by atoms with Crippen molar-refractivity contribution < 1.29 is 9.72 Å². The summed E-state index contributed by atoms with van der Waals surface area (Å²) in [4.78, 5) is 23.5. The summed E-state index contributed by atoms with van der Waals surface area (Å²) in [5, 5.41) is 10.3. The highest BCUT2D eigenvalue weighted by Gasteiger charge is 2.30. The van der Waals surface area contributed by atoms with Crippen LogP contribution < -0.4 is 0 Å². The lowest BCUT2D eigenvalue weighted by Gasteiger charge is -2.08. The van der Waals surface area contributed by atoms with E-state index in [1.165, 1.54) is 6.92 Å². The van der Waals surface area contributed by atoms with Gasteiger partial charge >= 0.3 is 0 Å². The first-order chi connectivity index (χ1) is 7.32. The van der Waals surface area contributed by atoms with Crippen LogP contribution in [0.3, 0.4) is 0 Å². The molecule has 7 heteroatoms. The number of H-pyrrole nitrogens is 1. The molecule has 90 valence electrons. The molecule has 0 aliphatic rings. The molecule has 5 nitrogen and oxygen atoms in total. The van der Waals surface area contributed by atoms with Gasteiger partial charge in [-0.25, -0.2) is 0 Å². The minimum Gasteiger partial charge on any atom is -0.353 e. The van der Waals surface area contributed by atoms with Crippen molar-refractivity contribution in [2.45, 2.75) is 25.1 Å². The third-order valence-corrected chi connectivity index (χ3v) is 1.87. The summed E-state index contributed by atoms with van der Waals surface area (Å²) in [7, 11) is 0. The van der Waals surface area contributed by atoms with E-state index < -0.39 is 15.0 Å². The number of hydrogen-bond donors (Lipinski definition) is 1. The van der Waals surface area contributed by atoms with Gasteiger partial charge in [0.15, 0.2) is 4.33 Å².